The molecule has 1 aromatic carbocycles. The van der Waals surface area contributed by atoms with Crippen molar-refractivity contribution in [3.05, 3.63) is 52.2 Å². The Morgan fingerprint density at radius 1 is 1.16 bits per heavy atom. The van der Waals surface area contributed by atoms with Crippen molar-refractivity contribution in [1.82, 2.24) is 5.32 Å². The summed E-state index contributed by atoms with van der Waals surface area (Å²) in [6.07, 6.45) is 4.78. The first-order valence-electron chi connectivity index (χ1n) is 9.20. The highest BCUT2D eigenvalue weighted by Gasteiger charge is 2.44. The van der Waals surface area contributed by atoms with Gasteiger partial charge in [0.15, 0.2) is 0 Å². The van der Waals surface area contributed by atoms with E-state index < -0.39 is 0 Å². The Morgan fingerprint density at radius 3 is 2.60 bits per heavy atom. The summed E-state index contributed by atoms with van der Waals surface area (Å²) < 4.78 is 0. The number of quaternary nitrogens is 1. The first-order chi connectivity index (χ1) is 12.2. The molecule has 2 aliphatic rings. The van der Waals surface area contributed by atoms with Gasteiger partial charge in [-0.3, -0.25) is 0 Å². The Labute approximate surface area is 153 Å². The number of hydrogen-bond donors (Lipinski definition) is 3. The van der Waals surface area contributed by atoms with Gasteiger partial charge in [0.2, 0.25) is 0 Å². The van der Waals surface area contributed by atoms with Crippen molar-refractivity contribution in [2.24, 2.45) is 0 Å². The van der Waals surface area contributed by atoms with Gasteiger partial charge in [0, 0.05) is 37.4 Å². The monoisotopic (exact) mass is 356 g/mol. The van der Waals surface area contributed by atoms with Crippen LogP contribution in [0.5, 0.6) is 0 Å². The van der Waals surface area contributed by atoms with Crippen molar-refractivity contribution in [3.63, 3.8) is 0 Å². The van der Waals surface area contributed by atoms with Gasteiger partial charge in [0.25, 0.3) is 0 Å². The minimum Gasteiger partial charge on any atom is -0.335 e. The van der Waals surface area contributed by atoms with Gasteiger partial charge < -0.3 is 15.5 Å². The quantitative estimate of drug-likeness (QED) is 0.775. The Balaban J connectivity index is 1.33. The zero-order valence-electron chi connectivity index (χ0n) is 14.6. The first-order valence-corrected chi connectivity index (χ1v) is 10.1. The fraction of sp³-hybridized carbons (Fsp3) is 0.450. The fourth-order valence-electron chi connectivity index (χ4n) is 4.51. The molecule has 0 spiro atoms. The van der Waals surface area contributed by atoms with E-state index in [1.54, 1.807) is 4.90 Å². The minimum atomic E-state index is -0.0691. The first kappa shape index (κ1) is 16.6. The number of piperidine rings is 1. The maximum absolute atomic E-state index is 12.4. The summed E-state index contributed by atoms with van der Waals surface area (Å²) in [5, 5.41) is 8.38. The SMILES string of the molecule is Cc1ccccc1NC(=O)NC1C[C@H]2CC[C@@H](C1)[NH+]2Cc1cccs1. The molecule has 4 rings (SSSR count). The number of thiophene rings is 1. The van der Waals surface area contributed by atoms with Crippen molar-refractivity contribution in [2.45, 2.75) is 57.3 Å². The molecule has 2 bridgehead atoms. The van der Waals surface area contributed by atoms with Gasteiger partial charge in [-0.1, -0.05) is 24.3 Å². The molecule has 1 aromatic heterocycles. The fourth-order valence-corrected chi connectivity index (χ4v) is 5.24. The Bertz CT molecular complexity index is 716. The summed E-state index contributed by atoms with van der Waals surface area (Å²) in [6.45, 7) is 3.16. The highest BCUT2D eigenvalue weighted by Crippen LogP contribution is 2.24. The number of carbonyl (C=O) groups excluding carboxylic acids is 1. The molecule has 0 saturated carbocycles. The number of anilines is 1. The van der Waals surface area contributed by atoms with Crippen molar-refractivity contribution >= 4 is 23.1 Å². The number of para-hydroxylation sites is 1. The second-order valence-electron chi connectivity index (χ2n) is 7.38. The Morgan fingerprint density at radius 2 is 1.92 bits per heavy atom. The summed E-state index contributed by atoms with van der Waals surface area (Å²) in [5.41, 5.74) is 1.98. The maximum Gasteiger partial charge on any atom is 0.319 e. The van der Waals surface area contributed by atoms with Crippen LogP contribution in [0.15, 0.2) is 41.8 Å². The van der Waals surface area contributed by atoms with Crippen molar-refractivity contribution in [3.8, 4) is 0 Å². The molecule has 4 nitrogen and oxygen atoms in total. The van der Waals surface area contributed by atoms with E-state index in [1.165, 1.54) is 17.7 Å². The van der Waals surface area contributed by atoms with E-state index in [0.717, 1.165) is 30.6 Å². The van der Waals surface area contributed by atoms with Crippen LogP contribution in [0.1, 0.15) is 36.1 Å². The lowest BCUT2D eigenvalue weighted by atomic mass is 9.97. The second kappa shape index (κ2) is 7.18. The lowest BCUT2D eigenvalue weighted by molar-refractivity contribution is -0.954. The molecule has 0 aliphatic carbocycles. The maximum atomic E-state index is 12.4. The van der Waals surface area contributed by atoms with Gasteiger partial charge >= 0.3 is 6.03 Å². The molecule has 2 amide bonds. The lowest BCUT2D eigenvalue weighted by Crippen LogP contribution is -3.17. The minimum absolute atomic E-state index is 0.0691. The van der Waals surface area contributed by atoms with Gasteiger partial charge in [-0.05, 0) is 30.0 Å². The number of fused-ring (bicyclic) bond motifs is 2. The molecule has 2 fully saturated rings. The predicted octanol–water partition coefficient (Wildman–Crippen LogP) is 2.96. The second-order valence-corrected chi connectivity index (χ2v) is 8.42. The molecule has 5 heteroatoms. The molecule has 2 aromatic rings. The van der Waals surface area contributed by atoms with Crippen LogP contribution in [0.3, 0.4) is 0 Å². The third-order valence-corrected chi connectivity index (χ3v) is 6.61. The normalized spacial score (nSPS) is 27.9. The number of rotatable bonds is 4. The molecule has 2 saturated heterocycles. The van der Waals surface area contributed by atoms with E-state index in [0.29, 0.717) is 18.1 Å². The predicted molar refractivity (Wildman–Crippen MR) is 102 cm³/mol. The van der Waals surface area contributed by atoms with Crippen LogP contribution in [-0.4, -0.2) is 24.2 Å². The van der Waals surface area contributed by atoms with Gasteiger partial charge in [-0.25, -0.2) is 4.79 Å². The summed E-state index contributed by atoms with van der Waals surface area (Å²) >= 11 is 1.86. The summed E-state index contributed by atoms with van der Waals surface area (Å²) in [4.78, 5) is 15.6. The van der Waals surface area contributed by atoms with Crippen LogP contribution in [-0.2, 0) is 6.54 Å². The highest BCUT2D eigenvalue weighted by atomic mass is 32.1. The van der Waals surface area contributed by atoms with Crippen molar-refractivity contribution in [2.75, 3.05) is 5.32 Å². The molecule has 3 N–H and O–H groups in total. The number of benzene rings is 1. The number of urea groups is 1. The number of aryl methyl sites for hydroxylation is 1. The van der Waals surface area contributed by atoms with Crippen LogP contribution in [0.2, 0.25) is 0 Å². The van der Waals surface area contributed by atoms with Crippen molar-refractivity contribution in [1.29, 1.82) is 0 Å². The average Bonchev–Trinajstić information content (AvgIpc) is 3.17. The van der Waals surface area contributed by atoms with Crippen LogP contribution in [0.25, 0.3) is 0 Å². The molecule has 0 radical (unpaired) electrons. The molecule has 132 valence electrons. The van der Waals surface area contributed by atoms with E-state index in [4.69, 9.17) is 0 Å². The third kappa shape index (κ3) is 3.72. The van der Waals surface area contributed by atoms with Gasteiger partial charge in [0.1, 0.15) is 6.54 Å². The zero-order chi connectivity index (χ0) is 17.2. The van der Waals surface area contributed by atoms with E-state index >= 15 is 0 Å². The van der Waals surface area contributed by atoms with Gasteiger partial charge in [0.05, 0.1) is 17.0 Å². The van der Waals surface area contributed by atoms with E-state index in [-0.39, 0.29) is 6.03 Å². The molecule has 25 heavy (non-hydrogen) atoms. The van der Waals surface area contributed by atoms with E-state index in [1.807, 2.05) is 42.5 Å². The molecular formula is C20H26N3OS+. The highest BCUT2D eigenvalue weighted by molar-refractivity contribution is 7.09. The molecule has 2 aliphatic heterocycles. The van der Waals surface area contributed by atoms with Gasteiger partial charge in [-0.2, -0.15) is 0 Å². The zero-order valence-corrected chi connectivity index (χ0v) is 15.4. The summed E-state index contributed by atoms with van der Waals surface area (Å²) in [5.74, 6) is 0. The Hall–Kier alpha value is -1.85. The molecular weight excluding hydrogens is 330 g/mol. The molecule has 3 heterocycles. The standard InChI is InChI=1S/C20H25N3OS/c1-14-5-2-3-7-19(14)22-20(24)21-15-11-16-8-9-17(12-15)23(16)13-18-6-4-10-25-18/h2-7,10,15-17H,8-9,11-13H2,1H3,(H2,21,22,24)/p+1/t15?,16-,17+. The molecule has 2 unspecified atom stereocenters. The van der Waals surface area contributed by atoms with Crippen LogP contribution < -0.4 is 15.5 Å². The van der Waals surface area contributed by atoms with E-state index in [9.17, 15) is 4.79 Å². The van der Waals surface area contributed by atoms with Crippen molar-refractivity contribution < 1.29 is 9.69 Å². The largest absolute Gasteiger partial charge is 0.335 e. The Kier molecular flexibility index (Phi) is 4.77. The topological polar surface area (TPSA) is 45.6 Å². The summed E-state index contributed by atoms with van der Waals surface area (Å²) in [6, 6.07) is 13.9. The third-order valence-electron chi connectivity index (χ3n) is 5.74. The molecule has 4 atom stereocenters. The van der Waals surface area contributed by atoms with Crippen LogP contribution in [0.4, 0.5) is 10.5 Å². The van der Waals surface area contributed by atoms with Gasteiger partial charge in [-0.15, -0.1) is 11.3 Å². The number of hydrogen-bond acceptors (Lipinski definition) is 2. The summed E-state index contributed by atoms with van der Waals surface area (Å²) in [7, 11) is 0. The smallest absolute Gasteiger partial charge is 0.319 e. The number of amides is 2. The van der Waals surface area contributed by atoms with E-state index in [2.05, 4.69) is 28.1 Å². The lowest BCUT2D eigenvalue weighted by Gasteiger charge is -2.36. The number of carbonyl (C=O) groups is 1. The van der Waals surface area contributed by atoms with Crippen LogP contribution in [0, 0.1) is 6.92 Å². The average molecular weight is 357 g/mol. The number of nitrogens with one attached hydrogen (secondary N) is 3. The van der Waals surface area contributed by atoms with Crippen LogP contribution >= 0.6 is 11.3 Å².